The van der Waals surface area contributed by atoms with Gasteiger partial charge in [-0.25, -0.2) is 4.98 Å². The number of anilines is 1. The smallest absolute Gasteiger partial charge is 0.129 e. The third-order valence-electron chi connectivity index (χ3n) is 4.62. The largest absolute Gasteiger partial charge is 0.389 e. The van der Waals surface area contributed by atoms with E-state index in [1.165, 1.54) is 38.8 Å². The van der Waals surface area contributed by atoms with E-state index in [0.29, 0.717) is 11.0 Å². The summed E-state index contributed by atoms with van der Waals surface area (Å²) in [6, 6.07) is 4.68. The summed E-state index contributed by atoms with van der Waals surface area (Å²) in [5, 5.41) is 0. The van der Waals surface area contributed by atoms with Crippen molar-refractivity contribution in [3.8, 4) is 0 Å². The predicted molar refractivity (Wildman–Crippen MR) is 90.9 cm³/mol. The van der Waals surface area contributed by atoms with Gasteiger partial charge >= 0.3 is 0 Å². The second-order valence-electron chi connectivity index (χ2n) is 6.20. The van der Waals surface area contributed by atoms with Gasteiger partial charge in [-0.15, -0.1) is 0 Å². The van der Waals surface area contributed by atoms with Crippen molar-refractivity contribution in [2.45, 2.75) is 38.6 Å². The van der Waals surface area contributed by atoms with Gasteiger partial charge in [-0.2, -0.15) is 0 Å². The van der Waals surface area contributed by atoms with E-state index in [-0.39, 0.29) is 0 Å². The Morgan fingerprint density at radius 3 is 2.71 bits per heavy atom. The number of nitrogens with zero attached hydrogens (tertiary/aromatic N) is 3. The number of aryl methyl sites for hydroxylation is 1. The van der Waals surface area contributed by atoms with Crippen molar-refractivity contribution in [1.82, 2.24) is 9.88 Å². The minimum Gasteiger partial charge on any atom is -0.389 e. The first-order chi connectivity index (χ1) is 10.1. The fraction of sp³-hybridized carbons (Fsp3) is 0.625. The summed E-state index contributed by atoms with van der Waals surface area (Å²) in [5.74, 6) is 1.03. The predicted octanol–water partition coefficient (Wildman–Crippen LogP) is 2.09. The molecule has 0 spiro atoms. The van der Waals surface area contributed by atoms with E-state index in [9.17, 15) is 0 Å². The summed E-state index contributed by atoms with van der Waals surface area (Å²) in [4.78, 5) is 10.2. The molecule has 0 radical (unpaired) electrons. The van der Waals surface area contributed by atoms with Crippen molar-refractivity contribution in [1.29, 1.82) is 0 Å². The van der Waals surface area contributed by atoms with E-state index < -0.39 is 0 Å². The van der Waals surface area contributed by atoms with Gasteiger partial charge in [0.1, 0.15) is 10.8 Å². The van der Waals surface area contributed by atoms with E-state index in [1.54, 1.807) is 0 Å². The average Bonchev–Trinajstić information content (AvgIpc) is 2.97. The van der Waals surface area contributed by atoms with Crippen LogP contribution in [0.25, 0.3) is 0 Å². The molecule has 114 valence electrons. The maximum Gasteiger partial charge on any atom is 0.129 e. The summed E-state index contributed by atoms with van der Waals surface area (Å²) in [7, 11) is 0. The number of hydrogen-bond acceptors (Lipinski definition) is 4. The number of thiocarbonyl (C=S) groups is 1. The van der Waals surface area contributed by atoms with Gasteiger partial charge in [0.25, 0.3) is 0 Å². The molecule has 0 saturated carbocycles. The first-order valence-corrected chi connectivity index (χ1v) is 8.32. The van der Waals surface area contributed by atoms with Crippen molar-refractivity contribution in [2.24, 2.45) is 5.73 Å². The van der Waals surface area contributed by atoms with E-state index in [2.05, 4.69) is 14.8 Å². The van der Waals surface area contributed by atoms with Crippen LogP contribution in [0.2, 0.25) is 0 Å². The lowest BCUT2D eigenvalue weighted by atomic mass is 10.1. The summed E-state index contributed by atoms with van der Waals surface area (Å²) < 4.78 is 0. The normalized spacial score (nSPS) is 23.5. The Morgan fingerprint density at radius 2 is 2.00 bits per heavy atom. The van der Waals surface area contributed by atoms with Crippen LogP contribution in [0.4, 0.5) is 5.82 Å². The monoisotopic (exact) mass is 304 g/mol. The highest BCUT2D eigenvalue weighted by atomic mass is 32.1. The summed E-state index contributed by atoms with van der Waals surface area (Å²) >= 11 is 5.10. The molecule has 2 N–H and O–H groups in total. The molecule has 0 aliphatic carbocycles. The molecule has 4 nitrogen and oxygen atoms in total. The maximum absolute atomic E-state index is 5.77. The second kappa shape index (κ2) is 6.28. The van der Waals surface area contributed by atoms with Gasteiger partial charge in [0, 0.05) is 30.4 Å². The van der Waals surface area contributed by atoms with Gasteiger partial charge in [-0.3, -0.25) is 4.90 Å². The van der Waals surface area contributed by atoms with Crippen LogP contribution in [0.5, 0.6) is 0 Å². The minimum atomic E-state index is 0.452. The van der Waals surface area contributed by atoms with Crippen LogP contribution in [0.15, 0.2) is 12.1 Å². The molecule has 2 saturated heterocycles. The number of piperidine rings is 1. The molecule has 2 fully saturated rings. The molecule has 2 aliphatic rings. The van der Waals surface area contributed by atoms with E-state index in [0.717, 1.165) is 30.2 Å². The van der Waals surface area contributed by atoms with Crippen molar-refractivity contribution < 1.29 is 0 Å². The second-order valence-corrected chi connectivity index (χ2v) is 6.64. The molecule has 0 aromatic carbocycles. The average molecular weight is 304 g/mol. The van der Waals surface area contributed by atoms with Crippen LogP contribution in [-0.2, 0) is 0 Å². The number of hydrogen-bond donors (Lipinski definition) is 1. The van der Waals surface area contributed by atoms with Crippen LogP contribution in [0.3, 0.4) is 0 Å². The standard InChI is InChI=1S/C16H24N4S/c1-12-9-13(16(17)21)10-15(18-12)20-8-5-14(11-20)19-6-3-2-4-7-19/h9-10,14H,2-8,11H2,1H3,(H2,17,21). The number of aromatic nitrogens is 1. The summed E-state index contributed by atoms with van der Waals surface area (Å²) in [6.45, 7) is 6.68. The molecule has 21 heavy (non-hydrogen) atoms. The number of rotatable bonds is 3. The lowest BCUT2D eigenvalue weighted by Crippen LogP contribution is -2.41. The number of pyridine rings is 1. The topological polar surface area (TPSA) is 45.4 Å². The first kappa shape index (κ1) is 14.7. The van der Waals surface area contributed by atoms with E-state index in [4.69, 9.17) is 18.0 Å². The Labute approximate surface area is 132 Å². The van der Waals surface area contributed by atoms with Crippen LogP contribution < -0.4 is 10.6 Å². The van der Waals surface area contributed by atoms with Crippen LogP contribution in [0.1, 0.15) is 36.9 Å². The molecule has 0 amide bonds. The van der Waals surface area contributed by atoms with Gasteiger partial charge in [0.15, 0.2) is 0 Å². The fourth-order valence-electron chi connectivity index (χ4n) is 3.49. The van der Waals surface area contributed by atoms with Gasteiger partial charge < -0.3 is 10.6 Å². The zero-order valence-electron chi connectivity index (χ0n) is 12.7. The Morgan fingerprint density at radius 1 is 1.24 bits per heavy atom. The van der Waals surface area contributed by atoms with Gasteiger partial charge in [0.05, 0.1) is 0 Å². The summed E-state index contributed by atoms with van der Waals surface area (Å²) in [6.07, 6.45) is 5.33. The molecule has 0 bridgehead atoms. The molecule has 3 heterocycles. The lowest BCUT2D eigenvalue weighted by Gasteiger charge is -2.32. The molecule has 1 unspecified atom stereocenters. The number of likely N-dealkylation sites (tertiary alicyclic amines) is 1. The first-order valence-electron chi connectivity index (χ1n) is 7.91. The van der Waals surface area contributed by atoms with Crippen molar-refractivity contribution >= 4 is 23.0 Å². The Hall–Kier alpha value is -1.20. The zero-order valence-corrected chi connectivity index (χ0v) is 13.5. The molecule has 1 aromatic heterocycles. The van der Waals surface area contributed by atoms with Gasteiger partial charge in [0.2, 0.25) is 0 Å². The zero-order chi connectivity index (χ0) is 14.8. The highest BCUT2D eigenvalue weighted by molar-refractivity contribution is 7.80. The quantitative estimate of drug-likeness (QED) is 0.866. The van der Waals surface area contributed by atoms with E-state index in [1.807, 2.05) is 19.1 Å². The Balaban J connectivity index is 1.72. The van der Waals surface area contributed by atoms with Crippen LogP contribution in [-0.4, -0.2) is 47.1 Å². The van der Waals surface area contributed by atoms with Crippen LogP contribution in [0, 0.1) is 6.92 Å². The maximum atomic E-state index is 5.77. The highest BCUT2D eigenvalue weighted by Crippen LogP contribution is 2.25. The Kier molecular flexibility index (Phi) is 4.40. The van der Waals surface area contributed by atoms with Gasteiger partial charge in [-0.1, -0.05) is 18.6 Å². The fourth-order valence-corrected chi connectivity index (χ4v) is 3.60. The molecular formula is C16H24N4S. The molecule has 3 rings (SSSR count). The van der Waals surface area contributed by atoms with Crippen LogP contribution >= 0.6 is 12.2 Å². The molecule has 1 atom stereocenters. The molecular weight excluding hydrogens is 280 g/mol. The molecule has 5 heteroatoms. The molecule has 1 aromatic rings. The third kappa shape index (κ3) is 3.35. The van der Waals surface area contributed by atoms with Crippen molar-refractivity contribution in [3.05, 3.63) is 23.4 Å². The Bertz CT molecular complexity index is 525. The lowest BCUT2D eigenvalue weighted by molar-refractivity contribution is 0.175. The SMILES string of the molecule is Cc1cc(C(N)=S)cc(N2CCC(N3CCCCC3)C2)n1. The summed E-state index contributed by atoms with van der Waals surface area (Å²) in [5.41, 5.74) is 7.68. The molecule has 2 aliphatic heterocycles. The highest BCUT2D eigenvalue weighted by Gasteiger charge is 2.29. The number of nitrogens with two attached hydrogens (primary N) is 1. The van der Waals surface area contributed by atoms with Crippen molar-refractivity contribution in [2.75, 3.05) is 31.1 Å². The van der Waals surface area contributed by atoms with E-state index >= 15 is 0 Å². The van der Waals surface area contributed by atoms with Crippen molar-refractivity contribution in [3.63, 3.8) is 0 Å². The minimum absolute atomic E-state index is 0.452. The third-order valence-corrected chi connectivity index (χ3v) is 4.85. The van der Waals surface area contributed by atoms with Gasteiger partial charge in [-0.05, 0) is 51.4 Å².